The molecule has 102 valence electrons. The summed E-state index contributed by atoms with van der Waals surface area (Å²) < 4.78 is 21.3. The minimum Gasteiger partial charge on any atom is -0.496 e. The standard InChI is InChI=1S/C13H15BrFN3O/c1-16-7-11-17-13(14)12(18(11)2)9-6-8(15)4-5-10(9)19-3/h4-6,16H,7H2,1-3H3. The SMILES string of the molecule is CNCc1nc(Br)c(-c2cc(F)ccc2OC)n1C. The Kier molecular flexibility index (Phi) is 4.21. The van der Waals surface area contributed by atoms with E-state index in [2.05, 4.69) is 26.2 Å². The van der Waals surface area contributed by atoms with Crippen molar-refractivity contribution in [2.24, 2.45) is 7.05 Å². The van der Waals surface area contributed by atoms with Crippen molar-refractivity contribution in [2.75, 3.05) is 14.2 Å². The van der Waals surface area contributed by atoms with Gasteiger partial charge in [-0.2, -0.15) is 0 Å². The fraction of sp³-hybridized carbons (Fsp3) is 0.308. The molecule has 0 aliphatic carbocycles. The number of benzene rings is 1. The molecule has 1 N–H and O–H groups in total. The third-order valence-corrected chi connectivity index (χ3v) is 3.45. The summed E-state index contributed by atoms with van der Waals surface area (Å²) >= 11 is 3.42. The smallest absolute Gasteiger partial charge is 0.132 e. The molecule has 6 heteroatoms. The van der Waals surface area contributed by atoms with Crippen LogP contribution >= 0.6 is 15.9 Å². The topological polar surface area (TPSA) is 39.1 Å². The van der Waals surface area contributed by atoms with Gasteiger partial charge in [0.15, 0.2) is 0 Å². The van der Waals surface area contributed by atoms with Crippen LogP contribution in [0, 0.1) is 5.82 Å². The molecule has 2 rings (SSSR count). The van der Waals surface area contributed by atoms with E-state index in [0.717, 1.165) is 11.5 Å². The van der Waals surface area contributed by atoms with Crippen molar-refractivity contribution in [3.05, 3.63) is 34.4 Å². The van der Waals surface area contributed by atoms with Crippen molar-refractivity contribution in [1.82, 2.24) is 14.9 Å². The Hall–Kier alpha value is -1.40. The summed E-state index contributed by atoms with van der Waals surface area (Å²) in [6.45, 7) is 0.632. The third kappa shape index (κ3) is 2.64. The van der Waals surface area contributed by atoms with Crippen LogP contribution in [-0.2, 0) is 13.6 Å². The zero-order valence-corrected chi connectivity index (χ0v) is 12.6. The second-order valence-corrected chi connectivity index (χ2v) is 4.85. The molecule has 0 amide bonds. The van der Waals surface area contributed by atoms with E-state index in [0.29, 0.717) is 22.5 Å². The van der Waals surface area contributed by atoms with Gasteiger partial charge in [-0.15, -0.1) is 0 Å². The molecule has 1 aromatic heterocycles. The van der Waals surface area contributed by atoms with Crippen molar-refractivity contribution in [2.45, 2.75) is 6.54 Å². The van der Waals surface area contributed by atoms with Crippen LogP contribution in [0.1, 0.15) is 5.82 Å². The molecule has 0 unspecified atom stereocenters. The van der Waals surface area contributed by atoms with Crippen molar-refractivity contribution < 1.29 is 9.13 Å². The van der Waals surface area contributed by atoms with Crippen LogP contribution in [0.2, 0.25) is 0 Å². The maximum atomic E-state index is 13.5. The number of halogens is 2. The van der Waals surface area contributed by atoms with Gasteiger partial charge >= 0.3 is 0 Å². The molecule has 1 aromatic carbocycles. The van der Waals surface area contributed by atoms with Crippen LogP contribution in [-0.4, -0.2) is 23.7 Å². The van der Waals surface area contributed by atoms with E-state index >= 15 is 0 Å². The molecule has 0 saturated carbocycles. The highest BCUT2D eigenvalue weighted by Gasteiger charge is 2.18. The Morgan fingerprint density at radius 2 is 2.21 bits per heavy atom. The predicted molar refractivity (Wildman–Crippen MR) is 75.6 cm³/mol. The van der Waals surface area contributed by atoms with Crippen LogP contribution in [0.25, 0.3) is 11.3 Å². The molecular weight excluding hydrogens is 313 g/mol. The summed E-state index contributed by atoms with van der Waals surface area (Å²) in [4.78, 5) is 4.42. The first-order valence-electron chi connectivity index (χ1n) is 5.78. The maximum absolute atomic E-state index is 13.5. The largest absolute Gasteiger partial charge is 0.496 e. The zero-order chi connectivity index (χ0) is 14.0. The molecule has 1 heterocycles. The highest BCUT2D eigenvalue weighted by molar-refractivity contribution is 9.10. The Balaban J connectivity index is 2.61. The molecule has 2 aromatic rings. The zero-order valence-electron chi connectivity index (χ0n) is 11.0. The fourth-order valence-electron chi connectivity index (χ4n) is 1.98. The molecule has 0 spiro atoms. The van der Waals surface area contributed by atoms with Crippen molar-refractivity contribution in [1.29, 1.82) is 0 Å². The van der Waals surface area contributed by atoms with Crippen molar-refractivity contribution >= 4 is 15.9 Å². The van der Waals surface area contributed by atoms with Crippen LogP contribution in [0.3, 0.4) is 0 Å². The first-order valence-corrected chi connectivity index (χ1v) is 6.57. The van der Waals surface area contributed by atoms with Crippen LogP contribution in [0.4, 0.5) is 4.39 Å². The quantitative estimate of drug-likeness (QED) is 0.938. The number of rotatable bonds is 4. The van der Waals surface area contributed by atoms with E-state index in [-0.39, 0.29) is 5.82 Å². The lowest BCUT2D eigenvalue weighted by Crippen LogP contribution is -2.10. The van der Waals surface area contributed by atoms with E-state index in [9.17, 15) is 4.39 Å². The highest BCUT2D eigenvalue weighted by Crippen LogP contribution is 2.35. The molecule has 0 aliphatic rings. The molecule has 0 radical (unpaired) electrons. The van der Waals surface area contributed by atoms with E-state index in [4.69, 9.17) is 4.74 Å². The number of imidazole rings is 1. The number of hydrogen-bond donors (Lipinski definition) is 1. The normalized spacial score (nSPS) is 10.8. The fourth-order valence-corrected chi connectivity index (χ4v) is 2.67. The Morgan fingerprint density at radius 1 is 1.47 bits per heavy atom. The number of ether oxygens (including phenoxy) is 1. The summed E-state index contributed by atoms with van der Waals surface area (Å²) in [5.74, 6) is 1.16. The first kappa shape index (κ1) is 14.0. The molecule has 4 nitrogen and oxygen atoms in total. The van der Waals surface area contributed by atoms with Crippen molar-refractivity contribution in [3.8, 4) is 17.0 Å². The summed E-state index contributed by atoms with van der Waals surface area (Å²) in [5, 5.41) is 3.05. The lowest BCUT2D eigenvalue weighted by Gasteiger charge is -2.10. The molecule has 0 aliphatic heterocycles. The van der Waals surface area contributed by atoms with Crippen LogP contribution in [0.15, 0.2) is 22.8 Å². The van der Waals surface area contributed by atoms with E-state index in [1.165, 1.54) is 12.1 Å². The highest BCUT2D eigenvalue weighted by atomic mass is 79.9. The Morgan fingerprint density at radius 3 is 2.84 bits per heavy atom. The molecule has 0 fully saturated rings. The molecule has 0 atom stereocenters. The van der Waals surface area contributed by atoms with Crippen molar-refractivity contribution in [3.63, 3.8) is 0 Å². The lowest BCUT2D eigenvalue weighted by atomic mass is 10.1. The summed E-state index contributed by atoms with van der Waals surface area (Å²) in [7, 11) is 5.31. The van der Waals surface area contributed by atoms with Crippen LogP contribution in [0.5, 0.6) is 5.75 Å². The van der Waals surface area contributed by atoms with Gasteiger partial charge < -0.3 is 14.6 Å². The van der Waals surface area contributed by atoms with Gasteiger partial charge in [0.25, 0.3) is 0 Å². The molecule has 0 bridgehead atoms. The maximum Gasteiger partial charge on any atom is 0.132 e. The Bertz CT molecular complexity index is 598. The van der Waals surface area contributed by atoms with Gasteiger partial charge in [0.2, 0.25) is 0 Å². The van der Waals surface area contributed by atoms with Crippen LogP contribution < -0.4 is 10.1 Å². The minimum atomic E-state index is -0.306. The van der Waals surface area contributed by atoms with E-state index in [1.807, 2.05) is 18.7 Å². The molecule has 19 heavy (non-hydrogen) atoms. The number of nitrogens with zero attached hydrogens (tertiary/aromatic N) is 2. The predicted octanol–water partition coefficient (Wildman–Crippen LogP) is 2.72. The molecular formula is C13H15BrFN3O. The lowest BCUT2D eigenvalue weighted by molar-refractivity contribution is 0.415. The second kappa shape index (κ2) is 5.71. The number of aromatic nitrogens is 2. The average molecular weight is 328 g/mol. The minimum absolute atomic E-state index is 0.306. The van der Waals surface area contributed by atoms with E-state index < -0.39 is 0 Å². The monoisotopic (exact) mass is 327 g/mol. The Labute approximate surface area is 119 Å². The summed E-state index contributed by atoms with van der Waals surface area (Å²) in [6, 6.07) is 4.44. The second-order valence-electron chi connectivity index (χ2n) is 4.10. The van der Waals surface area contributed by atoms with Gasteiger partial charge in [0, 0.05) is 12.6 Å². The van der Waals surface area contributed by atoms with Gasteiger partial charge in [0.1, 0.15) is 22.0 Å². The first-order chi connectivity index (χ1) is 9.08. The van der Waals surface area contributed by atoms with Gasteiger partial charge in [-0.25, -0.2) is 9.37 Å². The van der Waals surface area contributed by atoms with Gasteiger partial charge in [-0.05, 0) is 41.2 Å². The number of nitrogens with one attached hydrogen (secondary N) is 1. The van der Waals surface area contributed by atoms with E-state index in [1.54, 1.807) is 13.2 Å². The van der Waals surface area contributed by atoms with Gasteiger partial charge in [-0.1, -0.05) is 0 Å². The molecule has 0 saturated heterocycles. The number of hydrogen-bond acceptors (Lipinski definition) is 3. The summed E-state index contributed by atoms with van der Waals surface area (Å²) in [6.07, 6.45) is 0. The third-order valence-electron chi connectivity index (χ3n) is 2.90. The van der Waals surface area contributed by atoms with Gasteiger partial charge in [0.05, 0.1) is 19.3 Å². The van der Waals surface area contributed by atoms with Gasteiger partial charge in [-0.3, -0.25) is 0 Å². The number of methoxy groups -OCH3 is 1. The average Bonchev–Trinajstić information content (AvgIpc) is 2.65. The summed E-state index contributed by atoms with van der Waals surface area (Å²) in [5.41, 5.74) is 1.47.